The van der Waals surface area contributed by atoms with Gasteiger partial charge in [0.25, 0.3) is 0 Å². The number of nitrogens with zero attached hydrogens (tertiary/aromatic N) is 1. The van der Waals surface area contributed by atoms with E-state index in [2.05, 4.69) is 10.3 Å². The van der Waals surface area contributed by atoms with Crippen LogP contribution in [-0.4, -0.2) is 16.7 Å². The highest BCUT2D eigenvalue weighted by Crippen LogP contribution is 2.15. The van der Waals surface area contributed by atoms with E-state index in [1.165, 1.54) is 6.07 Å². The molecule has 1 amide bonds. The highest BCUT2D eigenvalue weighted by molar-refractivity contribution is 6.30. The first-order valence-corrected chi connectivity index (χ1v) is 6.13. The van der Waals surface area contributed by atoms with E-state index >= 15 is 0 Å². The van der Waals surface area contributed by atoms with Gasteiger partial charge in [0.2, 0.25) is 11.7 Å². The smallest absolute Gasteiger partial charge is 0.249 e. The number of anilines is 1. The zero-order valence-electron chi connectivity index (χ0n) is 10.3. The van der Waals surface area contributed by atoms with Gasteiger partial charge in [-0.05, 0) is 36.4 Å². The minimum absolute atomic E-state index is 0.225. The van der Waals surface area contributed by atoms with Crippen molar-refractivity contribution in [2.24, 2.45) is 5.92 Å². The maximum atomic E-state index is 12.0. The Hall–Kier alpha value is -2.58. The van der Waals surface area contributed by atoms with E-state index in [0.29, 0.717) is 10.7 Å². The van der Waals surface area contributed by atoms with Crippen LogP contribution in [0.2, 0.25) is 5.02 Å². The lowest BCUT2D eigenvalue weighted by Crippen LogP contribution is -2.28. The van der Waals surface area contributed by atoms with Crippen LogP contribution in [-0.2, 0) is 4.79 Å². The van der Waals surface area contributed by atoms with Crippen molar-refractivity contribution in [3.8, 4) is 6.07 Å². The number of H-pyrrole nitrogens is 1. The van der Waals surface area contributed by atoms with E-state index in [9.17, 15) is 9.59 Å². The molecule has 5 nitrogen and oxygen atoms in total. The van der Waals surface area contributed by atoms with Crippen molar-refractivity contribution in [3.63, 3.8) is 0 Å². The highest BCUT2D eigenvalue weighted by Gasteiger charge is 2.28. The maximum absolute atomic E-state index is 12.0. The van der Waals surface area contributed by atoms with Gasteiger partial charge in [-0.1, -0.05) is 11.6 Å². The number of aromatic nitrogens is 1. The molecule has 1 aromatic carbocycles. The second-order valence-corrected chi connectivity index (χ2v) is 4.44. The summed E-state index contributed by atoms with van der Waals surface area (Å²) >= 11 is 5.73. The Morgan fingerprint density at radius 2 is 1.95 bits per heavy atom. The SMILES string of the molecule is N#CC(C(=O)Nc1ccc(Cl)cc1)C(=O)c1ccc[nH]1. The number of nitriles is 1. The Labute approximate surface area is 120 Å². The van der Waals surface area contributed by atoms with Crippen LogP contribution in [0.4, 0.5) is 5.69 Å². The van der Waals surface area contributed by atoms with Gasteiger partial charge >= 0.3 is 0 Å². The van der Waals surface area contributed by atoms with Crippen molar-refractivity contribution < 1.29 is 9.59 Å². The number of rotatable bonds is 4. The van der Waals surface area contributed by atoms with Crippen LogP contribution in [0.15, 0.2) is 42.6 Å². The molecule has 1 atom stereocenters. The van der Waals surface area contributed by atoms with E-state index in [4.69, 9.17) is 16.9 Å². The number of carbonyl (C=O) groups is 2. The van der Waals surface area contributed by atoms with E-state index in [0.717, 1.165) is 0 Å². The van der Waals surface area contributed by atoms with Gasteiger partial charge in [0.15, 0.2) is 5.92 Å². The molecule has 1 heterocycles. The van der Waals surface area contributed by atoms with Crippen LogP contribution < -0.4 is 5.32 Å². The van der Waals surface area contributed by atoms with Crippen LogP contribution in [0.5, 0.6) is 0 Å². The number of Topliss-reactive ketones (excluding diaryl/α,β-unsaturated/α-hetero) is 1. The molecule has 0 aliphatic rings. The zero-order valence-corrected chi connectivity index (χ0v) is 11.0. The molecule has 0 aliphatic carbocycles. The minimum Gasteiger partial charge on any atom is -0.359 e. The normalized spacial score (nSPS) is 11.4. The summed E-state index contributed by atoms with van der Waals surface area (Å²) in [5, 5.41) is 12.1. The molecule has 1 aromatic heterocycles. The van der Waals surface area contributed by atoms with Crippen LogP contribution >= 0.6 is 11.6 Å². The first-order chi connectivity index (χ1) is 9.61. The monoisotopic (exact) mass is 287 g/mol. The Morgan fingerprint density at radius 3 is 2.50 bits per heavy atom. The lowest BCUT2D eigenvalue weighted by molar-refractivity contribution is -0.117. The summed E-state index contributed by atoms with van der Waals surface area (Å²) in [5.74, 6) is -2.64. The van der Waals surface area contributed by atoms with Crippen LogP contribution in [0.25, 0.3) is 0 Å². The van der Waals surface area contributed by atoms with Crippen molar-refractivity contribution in [1.82, 2.24) is 4.98 Å². The fourth-order valence-corrected chi connectivity index (χ4v) is 1.75. The largest absolute Gasteiger partial charge is 0.359 e. The number of ketones is 1. The summed E-state index contributed by atoms with van der Waals surface area (Å²) in [7, 11) is 0. The van der Waals surface area contributed by atoms with E-state index in [-0.39, 0.29) is 5.69 Å². The molecule has 100 valence electrons. The fourth-order valence-electron chi connectivity index (χ4n) is 1.62. The highest BCUT2D eigenvalue weighted by atomic mass is 35.5. The third kappa shape index (κ3) is 3.05. The molecule has 20 heavy (non-hydrogen) atoms. The molecule has 2 aromatic rings. The van der Waals surface area contributed by atoms with Gasteiger partial charge in [0, 0.05) is 16.9 Å². The Morgan fingerprint density at radius 1 is 1.25 bits per heavy atom. The van der Waals surface area contributed by atoms with Gasteiger partial charge in [-0.2, -0.15) is 5.26 Å². The molecule has 2 rings (SSSR count). The molecular weight excluding hydrogens is 278 g/mol. The van der Waals surface area contributed by atoms with Crippen molar-refractivity contribution in [2.45, 2.75) is 0 Å². The summed E-state index contributed by atoms with van der Waals surface area (Å²) in [6, 6.07) is 11.2. The number of aromatic amines is 1. The second kappa shape index (κ2) is 6.04. The molecule has 0 fully saturated rings. The van der Waals surface area contributed by atoms with E-state index in [1.54, 1.807) is 42.6 Å². The molecular formula is C14H10ClN3O2. The number of benzene rings is 1. The van der Waals surface area contributed by atoms with Gasteiger partial charge < -0.3 is 10.3 Å². The van der Waals surface area contributed by atoms with Gasteiger partial charge in [-0.3, -0.25) is 9.59 Å². The Balaban J connectivity index is 2.12. The number of halogens is 1. The summed E-state index contributed by atoms with van der Waals surface area (Å²) in [5.41, 5.74) is 0.696. The summed E-state index contributed by atoms with van der Waals surface area (Å²) in [4.78, 5) is 26.6. The summed E-state index contributed by atoms with van der Waals surface area (Å²) < 4.78 is 0. The third-order valence-electron chi connectivity index (χ3n) is 2.63. The van der Waals surface area contributed by atoms with E-state index < -0.39 is 17.6 Å². The van der Waals surface area contributed by atoms with Crippen molar-refractivity contribution in [1.29, 1.82) is 5.26 Å². The zero-order chi connectivity index (χ0) is 14.5. The van der Waals surface area contributed by atoms with Gasteiger partial charge in [0.05, 0.1) is 11.8 Å². The summed E-state index contributed by atoms with van der Waals surface area (Å²) in [6.45, 7) is 0. The second-order valence-electron chi connectivity index (χ2n) is 4.01. The number of nitrogens with one attached hydrogen (secondary N) is 2. The lowest BCUT2D eigenvalue weighted by Gasteiger charge is -2.08. The molecule has 0 radical (unpaired) electrons. The molecule has 0 bridgehead atoms. The molecule has 0 saturated carbocycles. The third-order valence-corrected chi connectivity index (χ3v) is 2.88. The molecule has 0 saturated heterocycles. The lowest BCUT2D eigenvalue weighted by atomic mass is 10.0. The van der Waals surface area contributed by atoms with Crippen molar-refractivity contribution >= 4 is 29.0 Å². The predicted octanol–water partition coefficient (Wildman–Crippen LogP) is 2.63. The quantitative estimate of drug-likeness (QED) is 0.669. The molecule has 1 unspecified atom stereocenters. The number of carbonyl (C=O) groups excluding carboxylic acids is 2. The van der Waals surface area contributed by atoms with Crippen LogP contribution in [0, 0.1) is 17.2 Å². The summed E-state index contributed by atoms with van der Waals surface area (Å²) in [6.07, 6.45) is 1.55. The fraction of sp³-hybridized carbons (Fsp3) is 0.0714. The van der Waals surface area contributed by atoms with Crippen LogP contribution in [0.3, 0.4) is 0 Å². The molecule has 0 spiro atoms. The number of amides is 1. The van der Waals surface area contributed by atoms with E-state index in [1.807, 2.05) is 0 Å². The van der Waals surface area contributed by atoms with Gasteiger partial charge in [0.1, 0.15) is 0 Å². The Bertz CT molecular complexity index is 657. The standard InChI is InChI=1S/C14H10ClN3O2/c15-9-3-5-10(6-4-9)18-14(20)11(8-16)13(19)12-2-1-7-17-12/h1-7,11,17H,(H,18,20). The average Bonchev–Trinajstić information content (AvgIpc) is 2.96. The van der Waals surface area contributed by atoms with Crippen molar-refractivity contribution in [3.05, 3.63) is 53.3 Å². The number of hydrogen-bond donors (Lipinski definition) is 2. The molecule has 6 heteroatoms. The van der Waals surface area contributed by atoms with Gasteiger partial charge in [-0.15, -0.1) is 0 Å². The van der Waals surface area contributed by atoms with Crippen molar-refractivity contribution in [2.75, 3.05) is 5.32 Å². The van der Waals surface area contributed by atoms with Gasteiger partial charge in [-0.25, -0.2) is 0 Å². The first-order valence-electron chi connectivity index (χ1n) is 5.75. The number of hydrogen-bond acceptors (Lipinski definition) is 3. The maximum Gasteiger partial charge on any atom is 0.249 e. The van der Waals surface area contributed by atoms with Crippen LogP contribution in [0.1, 0.15) is 10.5 Å². The average molecular weight is 288 g/mol. The molecule has 2 N–H and O–H groups in total. The molecule has 0 aliphatic heterocycles. The predicted molar refractivity (Wildman–Crippen MR) is 74.3 cm³/mol. The topological polar surface area (TPSA) is 85.8 Å². The first kappa shape index (κ1) is 13.8. The Kier molecular flexibility index (Phi) is 4.18. The minimum atomic E-state index is -1.40.